The van der Waals surface area contributed by atoms with Crippen molar-refractivity contribution < 1.29 is 9.13 Å². The van der Waals surface area contributed by atoms with Crippen LogP contribution in [0.4, 0.5) is 4.39 Å². The highest BCUT2D eigenvalue weighted by Crippen LogP contribution is 2.29. The number of ether oxygens (including phenoxy) is 1. The Morgan fingerprint density at radius 1 is 1.53 bits per heavy atom. The quantitative estimate of drug-likeness (QED) is 0.893. The van der Waals surface area contributed by atoms with E-state index in [9.17, 15) is 4.39 Å². The van der Waals surface area contributed by atoms with Gasteiger partial charge in [-0.15, -0.1) is 0 Å². The molecular formula is C16H24FNO. The second kappa shape index (κ2) is 6.02. The highest BCUT2D eigenvalue weighted by molar-refractivity contribution is 5.19. The average Bonchev–Trinajstić information content (AvgIpc) is 2.39. The van der Waals surface area contributed by atoms with Crippen LogP contribution in [0, 0.1) is 5.82 Å². The van der Waals surface area contributed by atoms with Crippen LogP contribution >= 0.6 is 0 Å². The van der Waals surface area contributed by atoms with E-state index in [1.165, 1.54) is 6.07 Å². The van der Waals surface area contributed by atoms with Gasteiger partial charge in [-0.05, 0) is 50.8 Å². The van der Waals surface area contributed by atoms with Gasteiger partial charge in [0.15, 0.2) is 0 Å². The topological polar surface area (TPSA) is 21.3 Å². The Bertz CT molecular complexity index is 423. The van der Waals surface area contributed by atoms with Gasteiger partial charge in [-0.1, -0.05) is 19.1 Å². The summed E-state index contributed by atoms with van der Waals surface area (Å²) in [5, 5.41) is 3.61. The molecule has 0 spiro atoms. The van der Waals surface area contributed by atoms with Crippen LogP contribution in [0.3, 0.4) is 0 Å². The molecule has 1 aromatic carbocycles. The molecule has 0 radical (unpaired) electrons. The van der Waals surface area contributed by atoms with Gasteiger partial charge in [-0.25, -0.2) is 4.39 Å². The predicted octanol–water partition coefficient (Wildman–Crippen LogP) is 3.82. The van der Waals surface area contributed by atoms with E-state index in [0.717, 1.165) is 31.4 Å². The third-order valence-electron chi connectivity index (χ3n) is 4.18. The van der Waals surface area contributed by atoms with Gasteiger partial charge in [0.1, 0.15) is 5.82 Å². The van der Waals surface area contributed by atoms with E-state index in [1.807, 2.05) is 6.07 Å². The molecule has 1 heterocycles. The zero-order chi connectivity index (χ0) is 13.9. The molecule has 2 unspecified atom stereocenters. The van der Waals surface area contributed by atoms with Gasteiger partial charge in [-0.2, -0.15) is 0 Å². The Hall–Kier alpha value is -0.930. The first kappa shape index (κ1) is 14.5. The molecule has 19 heavy (non-hydrogen) atoms. The smallest absolute Gasteiger partial charge is 0.123 e. The molecule has 2 nitrogen and oxygen atoms in total. The van der Waals surface area contributed by atoms with Crippen LogP contribution in [-0.4, -0.2) is 18.2 Å². The van der Waals surface area contributed by atoms with Gasteiger partial charge in [0.05, 0.1) is 5.60 Å². The third-order valence-corrected chi connectivity index (χ3v) is 4.18. The van der Waals surface area contributed by atoms with E-state index in [1.54, 1.807) is 12.1 Å². The normalized spacial score (nSPS) is 29.2. The summed E-state index contributed by atoms with van der Waals surface area (Å²) in [5.74, 6) is -0.170. The summed E-state index contributed by atoms with van der Waals surface area (Å²) in [4.78, 5) is 0. The fourth-order valence-electron chi connectivity index (χ4n) is 2.74. The Labute approximate surface area is 115 Å². The summed E-state index contributed by atoms with van der Waals surface area (Å²) in [6, 6.07) is 7.44. The predicted molar refractivity (Wildman–Crippen MR) is 75.6 cm³/mol. The van der Waals surface area contributed by atoms with Crippen molar-refractivity contribution in [2.24, 2.45) is 0 Å². The zero-order valence-corrected chi connectivity index (χ0v) is 12.1. The maximum absolute atomic E-state index is 13.2. The zero-order valence-electron chi connectivity index (χ0n) is 12.1. The number of nitrogens with one attached hydrogen (secondary N) is 1. The van der Waals surface area contributed by atoms with Crippen molar-refractivity contribution in [2.75, 3.05) is 6.61 Å². The maximum atomic E-state index is 13.2. The second-order valence-electron chi connectivity index (χ2n) is 5.79. The van der Waals surface area contributed by atoms with Crippen molar-refractivity contribution in [3.63, 3.8) is 0 Å². The number of hydrogen-bond donors (Lipinski definition) is 1. The number of hydrogen-bond acceptors (Lipinski definition) is 2. The molecule has 3 atom stereocenters. The molecule has 1 aliphatic rings. The largest absolute Gasteiger partial charge is 0.375 e. The minimum absolute atomic E-state index is 0.0163. The average molecular weight is 265 g/mol. The van der Waals surface area contributed by atoms with Crippen LogP contribution in [0.2, 0.25) is 0 Å². The van der Waals surface area contributed by atoms with Crippen molar-refractivity contribution in [3.8, 4) is 0 Å². The Morgan fingerprint density at radius 3 is 3.00 bits per heavy atom. The molecule has 1 saturated heterocycles. The van der Waals surface area contributed by atoms with E-state index in [2.05, 4.69) is 26.1 Å². The monoisotopic (exact) mass is 265 g/mol. The summed E-state index contributed by atoms with van der Waals surface area (Å²) in [6.07, 6.45) is 3.07. The Morgan fingerprint density at radius 2 is 2.32 bits per heavy atom. The molecule has 0 saturated carbocycles. The molecule has 2 rings (SSSR count). The lowest BCUT2D eigenvalue weighted by molar-refractivity contribution is -0.0789. The van der Waals surface area contributed by atoms with Gasteiger partial charge in [0.2, 0.25) is 0 Å². The molecule has 1 fully saturated rings. The first-order valence-corrected chi connectivity index (χ1v) is 7.18. The molecule has 0 aromatic heterocycles. The second-order valence-corrected chi connectivity index (χ2v) is 5.79. The first-order valence-electron chi connectivity index (χ1n) is 7.18. The summed E-state index contributed by atoms with van der Waals surface area (Å²) in [5.41, 5.74) is 0.988. The molecule has 106 valence electrons. The van der Waals surface area contributed by atoms with Crippen LogP contribution in [0.1, 0.15) is 51.6 Å². The molecule has 1 N–H and O–H groups in total. The Balaban J connectivity index is 1.97. The molecule has 3 heteroatoms. The maximum Gasteiger partial charge on any atom is 0.123 e. The van der Waals surface area contributed by atoms with E-state index in [4.69, 9.17) is 4.74 Å². The van der Waals surface area contributed by atoms with E-state index >= 15 is 0 Å². The number of halogens is 1. The van der Waals surface area contributed by atoms with Crippen LogP contribution in [0.25, 0.3) is 0 Å². The van der Waals surface area contributed by atoms with Gasteiger partial charge in [0.25, 0.3) is 0 Å². The van der Waals surface area contributed by atoms with Gasteiger partial charge in [0, 0.05) is 18.7 Å². The highest BCUT2D eigenvalue weighted by atomic mass is 19.1. The minimum atomic E-state index is -0.170. The fraction of sp³-hybridized carbons (Fsp3) is 0.625. The van der Waals surface area contributed by atoms with E-state index < -0.39 is 0 Å². The van der Waals surface area contributed by atoms with Crippen LogP contribution < -0.4 is 5.32 Å². The molecular weight excluding hydrogens is 241 g/mol. The van der Waals surface area contributed by atoms with Crippen LogP contribution in [0.15, 0.2) is 24.3 Å². The lowest BCUT2D eigenvalue weighted by Crippen LogP contribution is -2.45. The van der Waals surface area contributed by atoms with Gasteiger partial charge >= 0.3 is 0 Å². The van der Waals surface area contributed by atoms with Gasteiger partial charge in [-0.3, -0.25) is 0 Å². The van der Waals surface area contributed by atoms with Crippen LogP contribution in [-0.2, 0) is 4.74 Å². The van der Waals surface area contributed by atoms with Gasteiger partial charge < -0.3 is 10.1 Å². The van der Waals surface area contributed by atoms with Crippen molar-refractivity contribution >= 4 is 0 Å². The van der Waals surface area contributed by atoms with Crippen molar-refractivity contribution in [3.05, 3.63) is 35.6 Å². The van der Waals surface area contributed by atoms with Crippen molar-refractivity contribution in [2.45, 2.75) is 57.7 Å². The fourth-order valence-corrected chi connectivity index (χ4v) is 2.74. The molecule has 1 aromatic rings. The minimum Gasteiger partial charge on any atom is -0.375 e. The van der Waals surface area contributed by atoms with Crippen molar-refractivity contribution in [1.82, 2.24) is 5.32 Å². The molecule has 0 aliphatic carbocycles. The number of benzene rings is 1. The third kappa shape index (κ3) is 3.77. The molecule has 0 amide bonds. The molecule has 1 aliphatic heterocycles. The lowest BCUT2D eigenvalue weighted by Gasteiger charge is -2.39. The summed E-state index contributed by atoms with van der Waals surface area (Å²) < 4.78 is 19.1. The molecule has 0 bridgehead atoms. The summed E-state index contributed by atoms with van der Waals surface area (Å²) in [7, 11) is 0. The summed E-state index contributed by atoms with van der Waals surface area (Å²) in [6.45, 7) is 7.23. The van der Waals surface area contributed by atoms with Crippen molar-refractivity contribution in [1.29, 1.82) is 0 Å². The van der Waals surface area contributed by atoms with Crippen LogP contribution in [0.5, 0.6) is 0 Å². The number of rotatable bonds is 4. The first-order chi connectivity index (χ1) is 9.02. The summed E-state index contributed by atoms with van der Waals surface area (Å²) >= 11 is 0. The van der Waals surface area contributed by atoms with E-state index in [0.29, 0.717) is 6.04 Å². The van der Waals surface area contributed by atoms with E-state index in [-0.39, 0.29) is 17.5 Å². The SMILES string of the molecule is CCC1(C)CC(N[C@@H](C)c2cccc(F)c2)CCO1. The highest BCUT2D eigenvalue weighted by Gasteiger charge is 2.32. The Kier molecular flexibility index (Phi) is 4.58. The standard InChI is InChI=1S/C16H24FNO/c1-4-16(3)11-15(8-9-19-16)18-12(2)13-6-5-7-14(17)10-13/h5-7,10,12,15,18H,4,8-9,11H2,1-3H3/t12-,15?,16?/m0/s1. The lowest BCUT2D eigenvalue weighted by atomic mass is 9.89.